The lowest BCUT2D eigenvalue weighted by Crippen LogP contribution is -2.28. The second-order valence-electron chi connectivity index (χ2n) is 5.24. The van der Waals surface area contributed by atoms with Gasteiger partial charge in [0, 0.05) is 12.6 Å². The first kappa shape index (κ1) is 14.7. The number of anilines is 2. The number of nitrogens with two attached hydrogens (primary N) is 1. The Morgan fingerprint density at radius 2 is 2.15 bits per heavy atom. The van der Waals surface area contributed by atoms with Crippen LogP contribution in [0.1, 0.15) is 49.9 Å². The normalized spacial score (nSPS) is 14.1. The molecule has 0 aliphatic heterocycles. The number of ether oxygens (including phenoxy) is 1. The van der Waals surface area contributed by atoms with Crippen LogP contribution in [0.3, 0.4) is 0 Å². The van der Waals surface area contributed by atoms with E-state index in [4.69, 9.17) is 10.5 Å². The van der Waals surface area contributed by atoms with Gasteiger partial charge >= 0.3 is 5.97 Å². The summed E-state index contributed by atoms with van der Waals surface area (Å²) in [4.78, 5) is 14.3. The first-order valence-corrected chi connectivity index (χ1v) is 7.51. The van der Waals surface area contributed by atoms with Crippen LogP contribution in [0.4, 0.5) is 11.4 Å². The summed E-state index contributed by atoms with van der Waals surface area (Å²) in [6, 6.07) is 6.22. The Bertz CT molecular complexity index is 470. The SMILES string of the molecule is CCCCN(c1cccc(C(=O)OCC)c1N)C1CC1. The summed E-state index contributed by atoms with van der Waals surface area (Å²) in [5, 5.41) is 0. The first-order chi connectivity index (χ1) is 9.69. The largest absolute Gasteiger partial charge is 0.462 e. The minimum atomic E-state index is -0.335. The molecular weight excluding hydrogens is 252 g/mol. The van der Waals surface area contributed by atoms with E-state index in [1.807, 2.05) is 12.1 Å². The van der Waals surface area contributed by atoms with Crippen molar-refractivity contribution >= 4 is 17.3 Å². The molecule has 0 aromatic heterocycles. The van der Waals surface area contributed by atoms with Gasteiger partial charge in [0.1, 0.15) is 0 Å². The maximum Gasteiger partial charge on any atom is 0.340 e. The van der Waals surface area contributed by atoms with Crippen LogP contribution < -0.4 is 10.6 Å². The van der Waals surface area contributed by atoms with Crippen molar-refractivity contribution in [3.8, 4) is 0 Å². The molecular formula is C16H24N2O2. The van der Waals surface area contributed by atoms with Gasteiger partial charge in [-0.2, -0.15) is 0 Å². The molecule has 1 fully saturated rings. The van der Waals surface area contributed by atoms with Gasteiger partial charge in [0.2, 0.25) is 0 Å². The van der Waals surface area contributed by atoms with Gasteiger partial charge in [-0.25, -0.2) is 4.79 Å². The van der Waals surface area contributed by atoms with Crippen LogP contribution in [0.15, 0.2) is 18.2 Å². The van der Waals surface area contributed by atoms with Crippen molar-refractivity contribution in [3.63, 3.8) is 0 Å². The van der Waals surface area contributed by atoms with E-state index in [0.29, 0.717) is 23.9 Å². The molecule has 4 nitrogen and oxygen atoms in total. The van der Waals surface area contributed by atoms with Gasteiger partial charge < -0.3 is 15.4 Å². The van der Waals surface area contributed by atoms with Crippen molar-refractivity contribution in [2.45, 2.75) is 45.6 Å². The summed E-state index contributed by atoms with van der Waals surface area (Å²) in [6.07, 6.45) is 4.72. The fourth-order valence-corrected chi connectivity index (χ4v) is 2.40. The highest BCUT2D eigenvalue weighted by Crippen LogP contribution is 2.36. The quantitative estimate of drug-likeness (QED) is 0.613. The summed E-state index contributed by atoms with van der Waals surface area (Å²) in [5.74, 6) is -0.335. The molecule has 1 saturated carbocycles. The average molecular weight is 276 g/mol. The minimum absolute atomic E-state index is 0.335. The second kappa shape index (κ2) is 6.64. The van der Waals surface area contributed by atoms with Crippen molar-refractivity contribution in [2.24, 2.45) is 0 Å². The van der Waals surface area contributed by atoms with Gasteiger partial charge in [0.25, 0.3) is 0 Å². The van der Waals surface area contributed by atoms with Crippen LogP contribution in [-0.4, -0.2) is 25.2 Å². The van der Waals surface area contributed by atoms with Gasteiger partial charge in [0.15, 0.2) is 0 Å². The number of unbranched alkanes of at least 4 members (excludes halogenated alkanes) is 1. The van der Waals surface area contributed by atoms with Gasteiger partial charge in [-0.05, 0) is 38.3 Å². The lowest BCUT2D eigenvalue weighted by atomic mass is 10.1. The van der Waals surface area contributed by atoms with Crippen molar-refractivity contribution in [1.82, 2.24) is 0 Å². The highest BCUT2D eigenvalue weighted by Gasteiger charge is 2.30. The maximum absolute atomic E-state index is 11.9. The molecule has 1 aromatic rings. The standard InChI is InChI=1S/C16H24N2O2/c1-3-5-11-18(12-9-10-12)14-8-6-7-13(15(14)17)16(19)20-4-2/h6-8,12H,3-5,9-11,17H2,1-2H3. The summed E-state index contributed by atoms with van der Waals surface area (Å²) in [7, 11) is 0. The lowest BCUT2D eigenvalue weighted by molar-refractivity contribution is 0.0527. The second-order valence-corrected chi connectivity index (χ2v) is 5.24. The number of nitrogen functional groups attached to an aromatic ring is 1. The third-order valence-corrected chi connectivity index (χ3v) is 3.63. The number of carbonyl (C=O) groups excluding carboxylic acids is 1. The van der Waals surface area contributed by atoms with E-state index in [1.165, 1.54) is 12.8 Å². The highest BCUT2D eigenvalue weighted by atomic mass is 16.5. The molecule has 1 aliphatic rings. The van der Waals surface area contributed by atoms with E-state index in [1.54, 1.807) is 13.0 Å². The van der Waals surface area contributed by atoms with E-state index in [9.17, 15) is 4.79 Å². The third kappa shape index (κ3) is 3.24. The predicted octanol–water partition coefficient (Wildman–Crippen LogP) is 3.21. The highest BCUT2D eigenvalue weighted by molar-refractivity contribution is 5.98. The minimum Gasteiger partial charge on any atom is -0.462 e. The molecule has 0 heterocycles. The van der Waals surface area contributed by atoms with Crippen LogP contribution in [-0.2, 0) is 4.74 Å². The van der Waals surface area contributed by atoms with E-state index in [-0.39, 0.29) is 5.97 Å². The summed E-state index contributed by atoms with van der Waals surface area (Å²) < 4.78 is 5.06. The van der Waals surface area contributed by atoms with Crippen LogP contribution in [0.2, 0.25) is 0 Å². The number of benzene rings is 1. The van der Waals surface area contributed by atoms with E-state index in [0.717, 1.165) is 25.1 Å². The maximum atomic E-state index is 11.9. The van der Waals surface area contributed by atoms with Crippen LogP contribution in [0, 0.1) is 0 Å². The Hall–Kier alpha value is -1.71. The molecule has 2 N–H and O–H groups in total. The molecule has 2 rings (SSSR count). The molecule has 0 bridgehead atoms. The Morgan fingerprint density at radius 1 is 1.40 bits per heavy atom. The number of esters is 1. The zero-order valence-corrected chi connectivity index (χ0v) is 12.4. The number of hydrogen-bond acceptors (Lipinski definition) is 4. The van der Waals surface area contributed by atoms with E-state index in [2.05, 4.69) is 11.8 Å². The topological polar surface area (TPSA) is 55.6 Å². The number of para-hydroxylation sites is 1. The van der Waals surface area contributed by atoms with Gasteiger partial charge in [0.05, 0.1) is 23.5 Å². The van der Waals surface area contributed by atoms with Crippen molar-refractivity contribution in [1.29, 1.82) is 0 Å². The predicted molar refractivity (Wildman–Crippen MR) is 82.1 cm³/mol. The smallest absolute Gasteiger partial charge is 0.340 e. The van der Waals surface area contributed by atoms with Crippen LogP contribution in [0.5, 0.6) is 0 Å². The number of rotatable bonds is 7. The molecule has 4 heteroatoms. The fourth-order valence-electron chi connectivity index (χ4n) is 2.40. The molecule has 1 aromatic carbocycles. The molecule has 1 aliphatic carbocycles. The molecule has 20 heavy (non-hydrogen) atoms. The third-order valence-electron chi connectivity index (χ3n) is 3.63. The number of hydrogen-bond donors (Lipinski definition) is 1. The first-order valence-electron chi connectivity index (χ1n) is 7.51. The van der Waals surface area contributed by atoms with Gasteiger partial charge in [-0.1, -0.05) is 19.4 Å². The van der Waals surface area contributed by atoms with E-state index < -0.39 is 0 Å². The Balaban J connectivity index is 2.25. The fraction of sp³-hybridized carbons (Fsp3) is 0.562. The lowest BCUT2D eigenvalue weighted by Gasteiger charge is -2.26. The molecule has 0 atom stereocenters. The number of nitrogens with zero attached hydrogens (tertiary/aromatic N) is 1. The van der Waals surface area contributed by atoms with Crippen molar-refractivity contribution in [3.05, 3.63) is 23.8 Å². The Labute approximate surface area is 120 Å². The zero-order valence-electron chi connectivity index (χ0n) is 12.4. The molecule has 0 radical (unpaired) electrons. The Kier molecular flexibility index (Phi) is 4.88. The average Bonchev–Trinajstić information content (AvgIpc) is 3.25. The van der Waals surface area contributed by atoms with Crippen LogP contribution in [0.25, 0.3) is 0 Å². The molecule has 0 amide bonds. The molecule has 0 spiro atoms. The summed E-state index contributed by atoms with van der Waals surface area (Å²) in [5.41, 5.74) is 8.22. The van der Waals surface area contributed by atoms with E-state index >= 15 is 0 Å². The summed E-state index contributed by atoms with van der Waals surface area (Å²) >= 11 is 0. The zero-order chi connectivity index (χ0) is 14.5. The van der Waals surface area contributed by atoms with Crippen LogP contribution >= 0.6 is 0 Å². The van der Waals surface area contributed by atoms with Gasteiger partial charge in [-0.3, -0.25) is 0 Å². The van der Waals surface area contributed by atoms with Gasteiger partial charge in [-0.15, -0.1) is 0 Å². The molecule has 0 unspecified atom stereocenters. The molecule has 110 valence electrons. The summed E-state index contributed by atoms with van der Waals surface area (Å²) in [6.45, 7) is 5.35. The molecule has 0 saturated heterocycles. The van der Waals surface area contributed by atoms with Crippen molar-refractivity contribution < 1.29 is 9.53 Å². The number of carbonyl (C=O) groups is 1. The van der Waals surface area contributed by atoms with Crippen molar-refractivity contribution in [2.75, 3.05) is 23.8 Å². The monoisotopic (exact) mass is 276 g/mol. The Morgan fingerprint density at radius 3 is 2.75 bits per heavy atom.